The van der Waals surface area contributed by atoms with Crippen LogP contribution in [0.5, 0.6) is 0 Å². The van der Waals surface area contributed by atoms with E-state index >= 15 is 0 Å². The van der Waals surface area contributed by atoms with Crippen LogP contribution >= 0.6 is 0 Å². The maximum Gasteiger partial charge on any atom is 0.404 e. The smallest absolute Gasteiger partial charge is 0.404 e. The molecule has 0 aromatic heterocycles. The molecule has 0 aliphatic rings. The van der Waals surface area contributed by atoms with Gasteiger partial charge in [-0.1, -0.05) is 0 Å². The van der Waals surface area contributed by atoms with Gasteiger partial charge >= 0.3 is 24.4 Å². The summed E-state index contributed by atoms with van der Waals surface area (Å²) in [5.41, 5.74) is 18.8. The predicted octanol–water partition coefficient (Wildman–Crippen LogP) is -0.0872. The first-order valence-electron chi connectivity index (χ1n) is 6.88. The van der Waals surface area contributed by atoms with E-state index < -0.39 is 30.5 Å². The molecule has 0 aliphatic heterocycles. The van der Waals surface area contributed by atoms with E-state index in [1.165, 1.54) is 6.92 Å². The Morgan fingerprint density at radius 1 is 0.708 bits per heavy atom. The van der Waals surface area contributed by atoms with Crippen LogP contribution in [0.15, 0.2) is 0 Å². The van der Waals surface area contributed by atoms with Crippen molar-refractivity contribution in [2.45, 2.75) is 32.3 Å². The van der Waals surface area contributed by atoms with E-state index in [4.69, 9.17) is 11.5 Å². The van der Waals surface area contributed by atoms with Crippen molar-refractivity contribution in [3.05, 3.63) is 0 Å². The highest BCUT2D eigenvalue weighted by Gasteiger charge is 2.07. The van der Waals surface area contributed by atoms with Gasteiger partial charge in [-0.15, -0.1) is 0 Å². The normalized spacial score (nSPS) is 10.4. The van der Waals surface area contributed by atoms with Crippen LogP contribution in [0.1, 0.15) is 26.2 Å². The van der Waals surface area contributed by atoms with Crippen LogP contribution in [0.25, 0.3) is 0 Å². The summed E-state index contributed by atoms with van der Waals surface area (Å²) in [6.07, 6.45) is -1.74. The Morgan fingerprint density at radius 3 is 1.46 bits per heavy atom. The van der Waals surface area contributed by atoms with Gasteiger partial charge in [0, 0.05) is 0 Å². The molecular weight excluding hydrogens is 328 g/mol. The molecule has 1 unspecified atom stereocenters. The number of carbonyl (C=O) groups excluding carboxylic acids is 4. The summed E-state index contributed by atoms with van der Waals surface area (Å²) in [4.78, 5) is 40.3. The van der Waals surface area contributed by atoms with Crippen molar-refractivity contribution in [3.63, 3.8) is 0 Å². The largest absolute Gasteiger partial charge is 0.450 e. The lowest BCUT2D eigenvalue weighted by Crippen LogP contribution is -2.26. The third-order valence-corrected chi connectivity index (χ3v) is 2.05. The van der Waals surface area contributed by atoms with Gasteiger partial charge in [-0.3, -0.25) is 0 Å². The van der Waals surface area contributed by atoms with Crippen LogP contribution in [0.3, 0.4) is 0 Å². The zero-order valence-electron chi connectivity index (χ0n) is 13.4. The van der Waals surface area contributed by atoms with Gasteiger partial charge in [-0.05, 0) is 26.2 Å². The Balaban J connectivity index is 0. The lowest BCUT2D eigenvalue weighted by molar-refractivity contribution is 0.0611. The van der Waals surface area contributed by atoms with Gasteiger partial charge in [0.15, 0.2) is 0 Å². The van der Waals surface area contributed by atoms with E-state index in [9.17, 15) is 19.2 Å². The van der Waals surface area contributed by atoms with Gasteiger partial charge in [0.1, 0.15) is 12.7 Å². The molecule has 8 N–H and O–H groups in total. The zero-order chi connectivity index (χ0) is 19.0. The molecule has 4 amide bonds. The SMILES string of the molecule is CC(COC(N)=O)OC(N)=O.NC(=O)OCCCCCOC(N)=O. The average Bonchev–Trinajstić information content (AvgIpc) is 2.43. The fourth-order valence-electron chi connectivity index (χ4n) is 1.16. The van der Waals surface area contributed by atoms with Gasteiger partial charge in [-0.25, -0.2) is 19.2 Å². The first kappa shape index (κ1) is 23.3. The zero-order valence-corrected chi connectivity index (χ0v) is 13.4. The second-order valence-electron chi connectivity index (χ2n) is 4.27. The summed E-state index contributed by atoms with van der Waals surface area (Å²) in [5, 5.41) is 0. The second-order valence-corrected chi connectivity index (χ2v) is 4.27. The van der Waals surface area contributed by atoms with Crippen molar-refractivity contribution >= 4 is 24.4 Å². The molecule has 0 radical (unpaired) electrons. The molecule has 140 valence electrons. The third-order valence-electron chi connectivity index (χ3n) is 2.05. The minimum atomic E-state index is -0.912. The fraction of sp³-hybridized carbons (Fsp3) is 0.667. The molecule has 0 spiro atoms. The molecule has 12 heteroatoms. The molecule has 0 rings (SSSR count). The van der Waals surface area contributed by atoms with Crippen LogP contribution in [-0.2, 0) is 18.9 Å². The fourth-order valence-corrected chi connectivity index (χ4v) is 1.16. The number of hydrogen-bond acceptors (Lipinski definition) is 8. The van der Waals surface area contributed by atoms with Gasteiger partial charge < -0.3 is 41.9 Å². The maximum atomic E-state index is 10.1. The first-order chi connectivity index (χ1) is 11.1. The van der Waals surface area contributed by atoms with Crippen molar-refractivity contribution in [2.24, 2.45) is 22.9 Å². The molecule has 0 aliphatic carbocycles. The minimum Gasteiger partial charge on any atom is -0.450 e. The van der Waals surface area contributed by atoms with Crippen LogP contribution in [0.2, 0.25) is 0 Å². The Labute approximate surface area is 138 Å². The number of amides is 4. The number of nitrogens with two attached hydrogens (primary N) is 4. The molecule has 0 saturated carbocycles. The molecule has 0 aromatic carbocycles. The monoisotopic (exact) mass is 352 g/mol. The standard InChI is InChI=1S/C7H14N2O4.C5H10N2O4/c8-6(10)12-4-2-1-3-5-13-7(9)11;1-3(11-5(7)9)2-10-4(6)8/h1-5H2,(H2,8,10)(H2,9,11);3H,2H2,1H3,(H2,6,8)(H2,7,9). The second kappa shape index (κ2) is 15.0. The lowest BCUT2D eigenvalue weighted by Gasteiger charge is -2.09. The quantitative estimate of drug-likeness (QED) is 0.324. The Bertz CT molecular complexity index is 387. The van der Waals surface area contributed by atoms with E-state index in [1.54, 1.807) is 0 Å². The lowest BCUT2D eigenvalue weighted by atomic mass is 10.2. The van der Waals surface area contributed by atoms with Gasteiger partial charge in [-0.2, -0.15) is 0 Å². The number of primary amides is 4. The summed E-state index contributed by atoms with van der Waals surface area (Å²) in [6, 6.07) is 0. The van der Waals surface area contributed by atoms with E-state index in [-0.39, 0.29) is 6.61 Å². The van der Waals surface area contributed by atoms with Crippen molar-refractivity contribution in [1.82, 2.24) is 0 Å². The predicted molar refractivity (Wildman–Crippen MR) is 80.6 cm³/mol. The molecular formula is C12H24N4O8. The number of carbonyl (C=O) groups is 4. The van der Waals surface area contributed by atoms with Crippen LogP contribution in [-0.4, -0.2) is 50.3 Å². The summed E-state index contributed by atoms with van der Waals surface area (Å²) >= 11 is 0. The third kappa shape index (κ3) is 24.1. The molecule has 24 heavy (non-hydrogen) atoms. The minimum absolute atomic E-state index is 0.0850. The molecule has 0 heterocycles. The summed E-state index contributed by atoms with van der Waals surface area (Å²) in [5.74, 6) is 0. The number of hydrogen-bond donors (Lipinski definition) is 4. The molecule has 0 aromatic rings. The highest BCUT2D eigenvalue weighted by molar-refractivity contribution is 5.65. The maximum absolute atomic E-state index is 10.1. The highest BCUT2D eigenvalue weighted by Crippen LogP contribution is 1.96. The number of ether oxygens (including phenoxy) is 4. The van der Waals surface area contributed by atoms with E-state index in [0.29, 0.717) is 26.1 Å². The van der Waals surface area contributed by atoms with Crippen molar-refractivity contribution < 1.29 is 38.1 Å². The Morgan fingerprint density at radius 2 is 1.12 bits per heavy atom. The molecule has 0 saturated heterocycles. The Kier molecular flexibility index (Phi) is 14.6. The van der Waals surface area contributed by atoms with Crippen molar-refractivity contribution in [3.8, 4) is 0 Å². The Hall–Kier alpha value is -2.92. The topological polar surface area (TPSA) is 209 Å². The first-order valence-corrected chi connectivity index (χ1v) is 6.88. The number of unbranched alkanes of at least 4 members (excludes halogenated alkanes) is 2. The number of rotatable bonds is 9. The summed E-state index contributed by atoms with van der Waals surface area (Å²) in [7, 11) is 0. The summed E-state index contributed by atoms with van der Waals surface area (Å²) in [6.45, 7) is 2.03. The van der Waals surface area contributed by atoms with E-state index in [0.717, 1.165) is 6.42 Å². The van der Waals surface area contributed by atoms with Crippen LogP contribution in [0.4, 0.5) is 19.2 Å². The van der Waals surface area contributed by atoms with Crippen molar-refractivity contribution in [1.29, 1.82) is 0 Å². The van der Waals surface area contributed by atoms with Crippen LogP contribution < -0.4 is 22.9 Å². The van der Waals surface area contributed by atoms with Gasteiger partial charge in [0.25, 0.3) is 0 Å². The molecule has 0 bridgehead atoms. The average molecular weight is 352 g/mol. The summed E-state index contributed by atoms with van der Waals surface area (Å²) < 4.78 is 17.7. The highest BCUT2D eigenvalue weighted by atomic mass is 16.6. The van der Waals surface area contributed by atoms with E-state index in [2.05, 4.69) is 30.4 Å². The van der Waals surface area contributed by atoms with Crippen molar-refractivity contribution in [2.75, 3.05) is 19.8 Å². The molecule has 1 atom stereocenters. The van der Waals surface area contributed by atoms with Gasteiger partial charge in [0.05, 0.1) is 13.2 Å². The molecule has 12 nitrogen and oxygen atoms in total. The van der Waals surface area contributed by atoms with Gasteiger partial charge in [0.2, 0.25) is 0 Å². The van der Waals surface area contributed by atoms with Crippen LogP contribution in [0, 0.1) is 0 Å². The molecule has 0 fully saturated rings. The van der Waals surface area contributed by atoms with E-state index in [1.807, 2.05) is 0 Å².